The van der Waals surface area contributed by atoms with E-state index in [9.17, 15) is 27.2 Å². The standard InChI is InChI=1S/C24H13F4NO3/c25-15-9-10-18-17(12-15)21(30)19-20(13-5-2-1-3-6-13)29(23(31)22(19)32-18)16-8-4-7-14(11-16)24(26,27)28/h1-12,20H. The average Bonchev–Trinajstić information content (AvgIpc) is 3.07. The van der Waals surface area contributed by atoms with E-state index < -0.39 is 34.9 Å². The van der Waals surface area contributed by atoms with Gasteiger partial charge in [-0.3, -0.25) is 14.5 Å². The van der Waals surface area contributed by atoms with Crippen molar-refractivity contribution in [3.05, 3.63) is 111 Å². The quantitative estimate of drug-likeness (QED) is 0.377. The molecule has 0 fully saturated rings. The predicted octanol–water partition coefficient (Wildman–Crippen LogP) is 5.70. The SMILES string of the molecule is O=C1c2oc3ccc(F)cc3c(=O)c2C(c2ccccc2)N1c1cccc(C(F)(F)F)c1. The van der Waals surface area contributed by atoms with E-state index in [0.717, 1.165) is 29.2 Å². The van der Waals surface area contributed by atoms with E-state index in [4.69, 9.17) is 4.42 Å². The molecular weight excluding hydrogens is 426 g/mol. The molecule has 0 spiro atoms. The first-order valence-corrected chi connectivity index (χ1v) is 9.58. The number of carbonyl (C=O) groups is 1. The molecule has 1 amide bonds. The molecule has 1 unspecified atom stereocenters. The lowest BCUT2D eigenvalue weighted by Crippen LogP contribution is -2.29. The lowest BCUT2D eigenvalue weighted by Gasteiger charge is -2.26. The van der Waals surface area contributed by atoms with Gasteiger partial charge in [0.25, 0.3) is 5.91 Å². The molecule has 5 rings (SSSR count). The second-order valence-electron chi connectivity index (χ2n) is 7.35. The fourth-order valence-corrected chi connectivity index (χ4v) is 3.99. The van der Waals surface area contributed by atoms with Crippen molar-refractivity contribution < 1.29 is 26.8 Å². The summed E-state index contributed by atoms with van der Waals surface area (Å²) in [7, 11) is 0. The summed E-state index contributed by atoms with van der Waals surface area (Å²) >= 11 is 0. The Morgan fingerprint density at radius 3 is 2.34 bits per heavy atom. The van der Waals surface area contributed by atoms with Crippen molar-refractivity contribution in [2.24, 2.45) is 0 Å². The molecule has 0 saturated carbocycles. The van der Waals surface area contributed by atoms with Gasteiger partial charge in [-0.2, -0.15) is 13.2 Å². The second kappa shape index (κ2) is 7.05. The number of hydrogen-bond acceptors (Lipinski definition) is 3. The monoisotopic (exact) mass is 439 g/mol. The molecule has 2 heterocycles. The third-order valence-electron chi connectivity index (χ3n) is 5.40. The Kier molecular flexibility index (Phi) is 4.40. The van der Waals surface area contributed by atoms with Gasteiger partial charge in [0, 0.05) is 5.69 Å². The first-order chi connectivity index (χ1) is 15.3. The molecule has 32 heavy (non-hydrogen) atoms. The number of benzene rings is 3. The Morgan fingerprint density at radius 1 is 0.875 bits per heavy atom. The Balaban J connectivity index is 1.80. The van der Waals surface area contributed by atoms with E-state index in [1.54, 1.807) is 30.3 Å². The number of anilines is 1. The van der Waals surface area contributed by atoms with Gasteiger partial charge in [0.2, 0.25) is 5.76 Å². The van der Waals surface area contributed by atoms with Gasteiger partial charge in [-0.05, 0) is 42.0 Å². The summed E-state index contributed by atoms with van der Waals surface area (Å²) in [6.07, 6.45) is -4.62. The van der Waals surface area contributed by atoms with Crippen LogP contribution in [0.4, 0.5) is 23.2 Å². The lowest BCUT2D eigenvalue weighted by molar-refractivity contribution is -0.137. The molecule has 0 bridgehead atoms. The van der Waals surface area contributed by atoms with Crippen LogP contribution < -0.4 is 10.3 Å². The zero-order chi connectivity index (χ0) is 22.6. The number of halogens is 4. The lowest BCUT2D eigenvalue weighted by atomic mass is 9.98. The van der Waals surface area contributed by atoms with Gasteiger partial charge in [-0.25, -0.2) is 4.39 Å². The van der Waals surface area contributed by atoms with E-state index in [2.05, 4.69) is 0 Å². The molecular formula is C24H13F4NO3. The Labute approximate surface area is 178 Å². The van der Waals surface area contributed by atoms with Crippen LogP contribution in [0.25, 0.3) is 11.0 Å². The van der Waals surface area contributed by atoms with Crippen LogP contribution >= 0.6 is 0 Å². The first kappa shape index (κ1) is 20.0. The summed E-state index contributed by atoms with van der Waals surface area (Å²) in [4.78, 5) is 27.8. The minimum absolute atomic E-state index is 0.0150. The van der Waals surface area contributed by atoms with Gasteiger partial charge < -0.3 is 4.42 Å². The number of hydrogen-bond donors (Lipinski definition) is 0. The molecule has 4 nitrogen and oxygen atoms in total. The smallest absolute Gasteiger partial charge is 0.416 e. The number of amides is 1. The number of alkyl halides is 3. The van der Waals surface area contributed by atoms with E-state index in [1.165, 1.54) is 18.2 Å². The van der Waals surface area contributed by atoms with Crippen LogP contribution in [-0.2, 0) is 6.18 Å². The highest BCUT2D eigenvalue weighted by molar-refractivity contribution is 6.10. The second-order valence-corrected chi connectivity index (χ2v) is 7.35. The molecule has 1 atom stereocenters. The highest BCUT2D eigenvalue weighted by Gasteiger charge is 2.44. The number of nitrogens with zero attached hydrogens (tertiary/aromatic N) is 1. The van der Waals surface area contributed by atoms with Crippen LogP contribution in [0.1, 0.15) is 33.3 Å². The van der Waals surface area contributed by atoms with Crippen LogP contribution in [0, 0.1) is 5.82 Å². The average molecular weight is 439 g/mol. The van der Waals surface area contributed by atoms with Crippen LogP contribution in [0.3, 0.4) is 0 Å². The van der Waals surface area contributed by atoms with E-state index in [0.29, 0.717) is 5.56 Å². The Bertz CT molecular complexity index is 1430. The van der Waals surface area contributed by atoms with E-state index >= 15 is 0 Å². The van der Waals surface area contributed by atoms with Crippen molar-refractivity contribution in [2.75, 3.05) is 4.90 Å². The van der Waals surface area contributed by atoms with Gasteiger partial charge in [-0.1, -0.05) is 36.4 Å². The molecule has 1 aliphatic heterocycles. The molecule has 3 aromatic carbocycles. The number of carbonyl (C=O) groups excluding carboxylic acids is 1. The highest BCUT2D eigenvalue weighted by atomic mass is 19.4. The summed E-state index contributed by atoms with van der Waals surface area (Å²) in [5, 5.41) is -0.0524. The van der Waals surface area contributed by atoms with E-state index in [-0.39, 0.29) is 28.0 Å². The molecule has 1 aliphatic rings. The summed E-state index contributed by atoms with van der Waals surface area (Å²) in [5.41, 5.74) is -1.12. The maximum absolute atomic E-state index is 13.8. The Morgan fingerprint density at radius 2 is 1.62 bits per heavy atom. The fourth-order valence-electron chi connectivity index (χ4n) is 3.99. The van der Waals surface area contributed by atoms with Crippen LogP contribution in [0.15, 0.2) is 82.0 Å². The van der Waals surface area contributed by atoms with Crippen molar-refractivity contribution in [2.45, 2.75) is 12.2 Å². The maximum atomic E-state index is 13.8. The third-order valence-corrected chi connectivity index (χ3v) is 5.40. The summed E-state index contributed by atoms with van der Waals surface area (Å²) in [6, 6.07) is 15.0. The van der Waals surface area contributed by atoms with Gasteiger partial charge in [0.1, 0.15) is 11.4 Å². The maximum Gasteiger partial charge on any atom is 0.416 e. The van der Waals surface area contributed by atoms with Crippen LogP contribution in [-0.4, -0.2) is 5.91 Å². The summed E-state index contributed by atoms with van der Waals surface area (Å²) in [5.74, 6) is -1.68. The van der Waals surface area contributed by atoms with Crippen molar-refractivity contribution in [3.8, 4) is 0 Å². The van der Waals surface area contributed by atoms with Crippen LogP contribution in [0.5, 0.6) is 0 Å². The third kappa shape index (κ3) is 3.07. The fraction of sp³-hybridized carbons (Fsp3) is 0.0833. The molecule has 0 aliphatic carbocycles. The first-order valence-electron chi connectivity index (χ1n) is 9.58. The zero-order valence-electron chi connectivity index (χ0n) is 16.2. The van der Waals surface area contributed by atoms with Crippen molar-refractivity contribution in [1.82, 2.24) is 0 Å². The topological polar surface area (TPSA) is 50.5 Å². The van der Waals surface area contributed by atoms with Gasteiger partial charge in [0.15, 0.2) is 5.43 Å². The van der Waals surface area contributed by atoms with Crippen molar-refractivity contribution in [1.29, 1.82) is 0 Å². The molecule has 4 aromatic rings. The molecule has 160 valence electrons. The highest BCUT2D eigenvalue weighted by Crippen LogP contribution is 2.42. The number of rotatable bonds is 2. The normalized spacial score (nSPS) is 15.9. The number of fused-ring (bicyclic) bond motifs is 2. The molecule has 8 heteroatoms. The van der Waals surface area contributed by atoms with E-state index in [1.807, 2.05) is 0 Å². The molecule has 1 aromatic heterocycles. The van der Waals surface area contributed by atoms with Crippen molar-refractivity contribution >= 4 is 22.6 Å². The zero-order valence-corrected chi connectivity index (χ0v) is 16.2. The summed E-state index contributed by atoms with van der Waals surface area (Å²) in [6.45, 7) is 0. The predicted molar refractivity (Wildman–Crippen MR) is 109 cm³/mol. The largest absolute Gasteiger partial charge is 0.450 e. The molecule has 0 saturated heterocycles. The molecule has 0 N–H and O–H groups in total. The van der Waals surface area contributed by atoms with Crippen LogP contribution in [0.2, 0.25) is 0 Å². The van der Waals surface area contributed by atoms with Gasteiger partial charge in [-0.15, -0.1) is 0 Å². The van der Waals surface area contributed by atoms with Crippen molar-refractivity contribution in [3.63, 3.8) is 0 Å². The van der Waals surface area contributed by atoms with Gasteiger partial charge >= 0.3 is 6.18 Å². The minimum atomic E-state index is -4.62. The Hall–Kier alpha value is -3.94. The minimum Gasteiger partial charge on any atom is -0.450 e. The molecule has 0 radical (unpaired) electrons. The van der Waals surface area contributed by atoms with Gasteiger partial charge in [0.05, 0.1) is 22.6 Å². The summed E-state index contributed by atoms with van der Waals surface area (Å²) < 4.78 is 59.4.